The summed E-state index contributed by atoms with van der Waals surface area (Å²) in [6.45, 7) is 3.66. The van der Waals surface area contributed by atoms with Gasteiger partial charge in [-0.05, 0) is 18.6 Å². The number of alkyl halides is 3. The number of anilines is 1. The standard InChI is InChI=1S/C15H18F3N9/c1-24-10-19-20-13(24)9-25-5-2-6-26(8-7-25)12-4-3-11-21-22-14(15(16,17)18)27(11)23-12/h3-4,10H,2,5-9H2,1H3. The number of nitrogens with zero attached hydrogens (tertiary/aromatic N) is 9. The summed E-state index contributed by atoms with van der Waals surface area (Å²) in [5, 5.41) is 18.9. The van der Waals surface area contributed by atoms with Crippen LogP contribution in [0.4, 0.5) is 19.0 Å². The summed E-state index contributed by atoms with van der Waals surface area (Å²) in [5.74, 6) is 0.244. The Labute approximate surface area is 152 Å². The zero-order valence-corrected chi connectivity index (χ0v) is 14.6. The van der Waals surface area contributed by atoms with Crippen LogP contribution in [0.5, 0.6) is 0 Å². The van der Waals surface area contributed by atoms with Crippen LogP contribution >= 0.6 is 0 Å². The maximum Gasteiger partial charge on any atom is 0.453 e. The SMILES string of the molecule is Cn1cnnc1CN1CCCN(c2ccc3nnc(C(F)(F)F)n3n2)CC1. The molecule has 4 heterocycles. The highest BCUT2D eigenvalue weighted by molar-refractivity contribution is 5.46. The average Bonchev–Trinajstić information content (AvgIpc) is 3.15. The first kappa shape index (κ1) is 17.6. The van der Waals surface area contributed by atoms with E-state index >= 15 is 0 Å². The van der Waals surface area contributed by atoms with Crippen molar-refractivity contribution in [3.8, 4) is 0 Å². The maximum atomic E-state index is 13.1. The first-order chi connectivity index (χ1) is 12.9. The zero-order chi connectivity index (χ0) is 19.0. The minimum atomic E-state index is -4.60. The molecule has 0 atom stereocenters. The van der Waals surface area contributed by atoms with E-state index in [9.17, 15) is 13.2 Å². The molecule has 0 aromatic carbocycles. The number of rotatable bonds is 3. The molecule has 27 heavy (non-hydrogen) atoms. The second-order valence-corrected chi connectivity index (χ2v) is 6.46. The van der Waals surface area contributed by atoms with Crippen LogP contribution in [-0.2, 0) is 19.8 Å². The Morgan fingerprint density at radius 3 is 2.63 bits per heavy atom. The van der Waals surface area contributed by atoms with Crippen LogP contribution in [-0.4, -0.2) is 65.7 Å². The van der Waals surface area contributed by atoms with Crippen molar-refractivity contribution in [3.63, 3.8) is 0 Å². The predicted octanol–water partition coefficient (Wildman–Crippen LogP) is 0.984. The first-order valence-electron chi connectivity index (χ1n) is 8.51. The molecule has 0 bridgehead atoms. The van der Waals surface area contributed by atoms with Gasteiger partial charge in [-0.3, -0.25) is 4.90 Å². The van der Waals surface area contributed by atoms with Gasteiger partial charge in [0.1, 0.15) is 18.0 Å². The summed E-state index contributed by atoms with van der Waals surface area (Å²) in [6, 6.07) is 3.19. The third-order valence-electron chi connectivity index (χ3n) is 4.58. The number of hydrogen-bond acceptors (Lipinski definition) is 7. The Bertz CT molecular complexity index is 932. The van der Waals surface area contributed by atoms with Gasteiger partial charge in [-0.2, -0.15) is 17.7 Å². The Hall–Kier alpha value is -2.76. The lowest BCUT2D eigenvalue weighted by molar-refractivity contribution is -0.146. The summed E-state index contributed by atoms with van der Waals surface area (Å²) >= 11 is 0. The molecule has 0 radical (unpaired) electrons. The number of fused-ring (bicyclic) bond motifs is 1. The molecule has 3 aromatic heterocycles. The van der Waals surface area contributed by atoms with Gasteiger partial charge in [0.25, 0.3) is 5.82 Å². The van der Waals surface area contributed by atoms with Gasteiger partial charge in [0.2, 0.25) is 0 Å². The van der Waals surface area contributed by atoms with E-state index in [2.05, 4.69) is 30.4 Å². The van der Waals surface area contributed by atoms with Gasteiger partial charge in [0.15, 0.2) is 5.65 Å². The van der Waals surface area contributed by atoms with E-state index in [1.165, 1.54) is 6.07 Å². The van der Waals surface area contributed by atoms with Gasteiger partial charge in [0, 0.05) is 33.2 Å². The highest BCUT2D eigenvalue weighted by atomic mass is 19.4. The molecule has 1 aliphatic rings. The summed E-state index contributed by atoms with van der Waals surface area (Å²) in [5.41, 5.74) is 0.0739. The lowest BCUT2D eigenvalue weighted by atomic mass is 10.3. The third kappa shape index (κ3) is 3.56. The average molecular weight is 381 g/mol. The minimum Gasteiger partial charge on any atom is -0.354 e. The summed E-state index contributed by atoms with van der Waals surface area (Å²) in [7, 11) is 1.90. The lowest BCUT2D eigenvalue weighted by Gasteiger charge is -2.22. The van der Waals surface area contributed by atoms with Crippen molar-refractivity contribution in [1.29, 1.82) is 0 Å². The number of hydrogen-bond donors (Lipinski definition) is 0. The molecule has 0 saturated carbocycles. The van der Waals surface area contributed by atoms with E-state index in [0.29, 0.717) is 25.5 Å². The van der Waals surface area contributed by atoms with Crippen LogP contribution in [0.3, 0.4) is 0 Å². The van der Waals surface area contributed by atoms with Gasteiger partial charge in [-0.15, -0.1) is 25.5 Å². The molecule has 0 amide bonds. The molecule has 0 N–H and O–H groups in total. The second kappa shape index (κ2) is 6.76. The molecular weight excluding hydrogens is 363 g/mol. The van der Waals surface area contributed by atoms with Gasteiger partial charge < -0.3 is 9.47 Å². The van der Waals surface area contributed by atoms with Gasteiger partial charge in [0.05, 0.1) is 6.54 Å². The zero-order valence-electron chi connectivity index (χ0n) is 14.6. The predicted molar refractivity (Wildman–Crippen MR) is 88.9 cm³/mol. The second-order valence-electron chi connectivity index (χ2n) is 6.46. The topological polar surface area (TPSA) is 80.3 Å². The third-order valence-corrected chi connectivity index (χ3v) is 4.58. The molecule has 9 nitrogen and oxygen atoms in total. The van der Waals surface area contributed by atoms with E-state index < -0.39 is 12.0 Å². The molecule has 0 aliphatic carbocycles. The summed E-state index contributed by atoms with van der Waals surface area (Å²) < 4.78 is 41.8. The van der Waals surface area contributed by atoms with E-state index in [1.54, 1.807) is 12.4 Å². The Kier molecular flexibility index (Phi) is 4.42. The molecule has 1 aliphatic heterocycles. The molecule has 144 valence electrons. The largest absolute Gasteiger partial charge is 0.453 e. The molecule has 0 unspecified atom stereocenters. The fraction of sp³-hybridized carbons (Fsp3) is 0.533. The number of aryl methyl sites for hydroxylation is 1. The molecule has 12 heteroatoms. The van der Waals surface area contributed by atoms with Crippen molar-refractivity contribution < 1.29 is 13.2 Å². The Balaban J connectivity index is 1.51. The van der Waals surface area contributed by atoms with Gasteiger partial charge >= 0.3 is 6.18 Å². The van der Waals surface area contributed by atoms with Crippen LogP contribution in [0.15, 0.2) is 18.5 Å². The van der Waals surface area contributed by atoms with Crippen LogP contribution in [0.2, 0.25) is 0 Å². The van der Waals surface area contributed by atoms with E-state index in [4.69, 9.17) is 0 Å². The van der Waals surface area contributed by atoms with Crippen molar-refractivity contribution in [3.05, 3.63) is 30.1 Å². The molecule has 4 rings (SSSR count). The number of aromatic nitrogens is 7. The maximum absolute atomic E-state index is 13.1. The highest BCUT2D eigenvalue weighted by Crippen LogP contribution is 2.28. The van der Waals surface area contributed by atoms with E-state index in [-0.39, 0.29) is 5.65 Å². The van der Waals surface area contributed by atoms with Crippen LogP contribution in [0.25, 0.3) is 5.65 Å². The molecule has 3 aromatic rings. The van der Waals surface area contributed by atoms with E-state index in [1.807, 2.05) is 16.5 Å². The van der Waals surface area contributed by atoms with Crippen molar-refractivity contribution in [2.75, 3.05) is 31.1 Å². The Morgan fingerprint density at radius 1 is 1.04 bits per heavy atom. The molecule has 0 spiro atoms. The fourth-order valence-electron chi connectivity index (χ4n) is 3.13. The fourth-order valence-corrected chi connectivity index (χ4v) is 3.13. The first-order valence-corrected chi connectivity index (χ1v) is 8.51. The van der Waals surface area contributed by atoms with Crippen LogP contribution in [0, 0.1) is 0 Å². The van der Waals surface area contributed by atoms with Gasteiger partial charge in [-0.1, -0.05) is 0 Å². The van der Waals surface area contributed by atoms with Crippen LogP contribution < -0.4 is 4.90 Å². The molecule has 1 saturated heterocycles. The normalized spacial score (nSPS) is 16.8. The van der Waals surface area contributed by atoms with Crippen molar-refractivity contribution in [1.82, 2.24) is 39.5 Å². The summed E-state index contributed by atoms with van der Waals surface area (Å²) in [4.78, 5) is 4.23. The van der Waals surface area contributed by atoms with Crippen LogP contribution in [0.1, 0.15) is 18.1 Å². The number of halogens is 3. The Morgan fingerprint density at radius 2 is 1.89 bits per heavy atom. The van der Waals surface area contributed by atoms with Crippen molar-refractivity contribution >= 4 is 11.5 Å². The highest BCUT2D eigenvalue weighted by Gasteiger charge is 2.37. The molecule has 1 fully saturated rings. The monoisotopic (exact) mass is 381 g/mol. The van der Waals surface area contributed by atoms with Crippen molar-refractivity contribution in [2.45, 2.75) is 19.1 Å². The van der Waals surface area contributed by atoms with E-state index in [0.717, 1.165) is 29.9 Å². The lowest BCUT2D eigenvalue weighted by Crippen LogP contribution is -2.31. The quantitative estimate of drug-likeness (QED) is 0.669. The minimum absolute atomic E-state index is 0.0739. The van der Waals surface area contributed by atoms with Gasteiger partial charge in [-0.25, -0.2) is 0 Å². The van der Waals surface area contributed by atoms with Crippen molar-refractivity contribution in [2.24, 2.45) is 7.05 Å². The molecular formula is C15H18F3N9. The smallest absolute Gasteiger partial charge is 0.354 e. The summed E-state index contributed by atoms with van der Waals surface area (Å²) in [6.07, 6.45) is -2.07.